The molecule has 186 valence electrons. The van der Waals surface area contributed by atoms with Crippen molar-refractivity contribution < 1.29 is 22.7 Å². The molecule has 0 atom stereocenters. The van der Waals surface area contributed by atoms with Crippen LogP contribution >= 0.6 is 0 Å². The fourth-order valence-electron chi connectivity index (χ4n) is 4.70. The van der Waals surface area contributed by atoms with E-state index in [1.165, 1.54) is 30.7 Å². The summed E-state index contributed by atoms with van der Waals surface area (Å²) >= 11 is 0. The molecule has 0 aromatic heterocycles. The van der Waals surface area contributed by atoms with Gasteiger partial charge >= 0.3 is 0 Å². The van der Waals surface area contributed by atoms with Crippen molar-refractivity contribution in [3.05, 3.63) is 48.0 Å². The van der Waals surface area contributed by atoms with Gasteiger partial charge in [-0.05, 0) is 55.5 Å². The average molecular weight is 498 g/mol. The van der Waals surface area contributed by atoms with Gasteiger partial charge < -0.3 is 14.8 Å². The van der Waals surface area contributed by atoms with Crippen molar-refractivity contribution >= 4 is 21.6 Å². The first-order chi connectivity index (χ1) is 16.8. The quantitative estimate of drug-likeness (QED) is 0.556. The van der Waals surface area contributed by atoms with Crippen molar-refractivity contribution in [1.82, 2.24) is 4.31 Å². The molecule has 0 spiro atoms. The Bertz CT molecular complexity index is 1210. The van der Waals surface area contributed by atoms with Crippen LogP contribution in [0.3, 0.4) is 0 Å². The number of amides is 1. The molecule has 2 aromatic carbocycles. The molecular formula is C26H31N3O5S. The minimum Gasteiger partial charge on any atom is -0.493 e. The molecule has 0 unspecified atom stereocenters. The molecule has 0 heterocycles. The van der Waals surface area contributed by atoms with Crippen LogP contribution in [0.25, 0.3) is 0 Å². The van der Waals surface area contributed by atoms with Gasteiger partial charge in [0.25, 0.3) is 0 Å². The number of ether oxygens (including phenoxy) is 2. The van der Waals surface area contributed by atoms with Gasteiger partial charge in [-0.3, -0.25) is 4.79 Å². The van der Waals surface area contributed by atoms with Crippen LogP contribution in [0, 0.1) is 11.3 Å². The Morgan fingerprint density at radius 1 is 1.06 bits per heavy atom. The second-order valence-electron chi connectivity index (χ2n) is 9.18. The van der Waals surface area contributed by atoms with Gasteiger partial charge in [0, 0.05) is 17.8 Å². The number of nitrogens with zero attached hydrogens (tertiary/aromatic N) is 2. The molecule has 4 rings (SSSR count). The van der Waals surface area contributed by atoms with Gasteiger partial charge in [0.1, 0.15) is 0 Å². The number of hydrogen-bond donors (Lipinski definition) is 1. The van der Waals surface area contributed by atoms with Crippen LogP contribution in [0.5, 0.6) is 11.5 Å². The maximum Gasteiger partial charge on any atom is 0.243 e. The fraction of sp³-hybridized carbons (Fsp3) is 0.462. The van der Waals surface area contributed by atoms with Crippen LogP contribution in [-0.2, 0) is 20.2 Å². The zero-order chi connectivity index (χ0) is 25.1. The number of methoxy groups -OCH3 is 2. The number of nitriles is 1. The monoisotopic (exact) mass is 497 g/mol. The lowest BCUT2D eigenvalue weighted by molar-refractivity contribution is -0.116. The van der Waals surface area contributed by atoms with E-state index in [0.717, 1.165) is 37.7 Å². The molecular weight excluding hydrogens is 466 g/mol. The minimum atomic E-state index is -3.97. The second kappa shape index (κ2) is 10.3. The molecule has 9 heteroatoms. The van der Waals surface area contributed by atoms with E-state index >= 15 is 0 Å². The van der Waals surface area contributed by atoms with E-state index in [1.807, 2.05) is 12.1 Å². The summed E-state index contributed by atoms with van der Waals surface area (Å²) in [6, 6.07) is 13.8. The molecule has 2 aromatic rings. The molecule has 0 saturated heterocycles. The zero-order valence-electron chi connectivity index (χ0n) is 20.1. The van der Waals surface area contributed by atoms with Gasteiger partial charge in [-0.15, -0.1) is 0 Å². The molecule has 8 nitrogen and oxygen atoms in total. The average Bonchev–Trinajstić information content (AvgIpc) is 3.69. The molecule has 0 aliphatic heterocycles. The van der Waals surface area contributed by atoms with Gasteiger partial charge in [0.15, 0.2) is 11.5 Å². The van der Waals surface area contributed by atoms with Gasteiger partial charge in [-0.1, -0.05) is 31.4 Å². The maximum atomic E-state index is 13.7. The molecule has 2 aliphatic rings. The third kappa shape index (κ3) is 5.29. The first kappa shape index (κ1) is 25.0. The summed E-state index contributed by atoms with van der Waals surface area (Å²) < 4.78 is 39.3. The molecule has 0 bridgehead atoms. The van der Waals surface area contributed by atoms with Crippen molar-refractivity contribution in [1.29, 1.82) is 5.26 Å². The molecule has 1 N–H and O–H groups in total. The van der Waals surface area contributed by atoms with Gasteiger partial charge in [-0.2, -0.15) is 9.57 Å². The van der Waals surface area contributed by atoms with E-state index in [1.54, 1.807) is 18.2 Å². The van der Waals surface area contributed by atoms with Crippen molar-refractivity contribution in [2.24, 2.45) is 0 Å². The van der Waals surface area contributed by atoms with Crippen LogP contribution in [0.15, 0.2) is 47.4 Å². The number of nitrogens with one attached hydrogen (secondary N) is 1. The summed E-state index contributed by atoms with van der Waals surface area (Å²) in [7, 11) is -1.03. The van der Waals surface area contributed by atoms with Crippen molar-refractivity contribution in [2.75, 3.05) is 26.1 Å². The van der Waals surface area contributed by atoms with Crippen LogP contribution in [-0.4, -0.2) is 45.4 Å². The van der Waals surface area contributed by atoms with Crippen molar-refractivity contribution in [2.45, 2.75) is 61.3 Å². The minimum absolute atomic E-state index is 0.0594. The summed E-state index contributed by atoms with van der Waals surface area (Å²) in [5.41, 5.74) is 1.12. The van der Waals surface area contributed by atoms with E-state index in [0.29, 0.717) is 30.0 Å². The first-order valence-corrected chi connectivity index (χ1v) is 13.3. The predicted octanol–water partition coefficient (Wildman–Crippen LogP) is 4.22. The van der Waals surface area contributed by atoms with E-state index in [4.69, 9.17) is 9.47 Å². The zero-order valence-corrected chi connectivity index (χ0v) is 20.9. The van der Waals surface area contributed by atoms with Crippen LogP contribution in [0.2, 0.25) is 0 Å². The topological polar surface area (TPSA) is 109 Å². The Morgan fingerprint density at radius 2 is 1.71 bits per heavy atom. The van der Waals surface area contributed by atoms with E-state index in [9.17, 15) is 18.5 Å². The number of benzene rings is 2. The Morgan fingerprint density at radius 3 is 2.29 bits per heavy atom. The molecule has 2 fully saturated rings. The standard InChI is InChI=1S/C26H31N3O5S/c1-33-23-13-12-22(16-24(23)34-2)35(31,32)29(21-6-4-3-5-7-21)17-25(30)28-20-10-8-19(9-11-20)26(18-27)14-15-26/h8-13,16,21H,3-7,14-15,17H2,1-2H3,(H,28,30). The summed E-state index contributed by atoms with van der Waals surface area (Å²) in [6.07, 6.45) is 6.02. The van der Waals surface area contributed by atoms with E-state index < -0.39 is 21.3 Å². The van der Waals surface area contributed by atoms with E-state index in [-0.39, 0.29) is 17.5 Å². The lowest BCUT2D eigenvalue weighted by Gasteiger charge is -2.33. The van der Waals surface area contributed by atoms with Crippen LogP contribution < -0.4 is 14.8 Å². The molecule has 2 saturated carbocycles. The highest BCUT2D eigenvalue weighted by atomic mass is 32.2. The highest BCUT2D eigenvalue weighted by Gasteiger charge is 2.44. The van der Waals surface area contributed by atoms with Gasteiger partial charge in [0.2, 0.25) is 15.9 Å². The smallest absolute Gasteiger partial charge is 0.243 e. The second-order valence-corrected chi connectivity index (χ2v) is 11.1. The highest BCUT2D eigenvalue weighted by Crippen LogP contribution is 2.47. The predicted molar refractivity (Wildman–Crippen MR) is 132 cm³/mol. The Hall–Kier alpha value is -3.09. The summed E-state index contributed by atoms with van der Waals surface area (Å²) in [5.74, 6) is 0.336. The van der Waals surface area contributed by atoms with E-state index in [2.05, 4.69) is 11.4 Å². The SMILES string of the molecule is COc1ccc(S(=O)(=O)N(CC(=O)Nc2ccc(C3(C#N)CC3)cc2)C2CCCCC2)cc1OC. The normalized spacial score (nSPS) is 17.4. The third-order valence-corrected chi connectivity index (χ3v) is 8.82. The van der Waals surface area contributed by atoms with Crippen molar-refractivity contribution in [3.8, 4) is 17.6 Å². The fourth-order valence-corrected chi connectivity index (χ4v) is 6.35. The Balaban J connectivity index is 1.55. The lowest BCUT2D eigenvalue weighted by Crippen LogP contribution is -2.45. The van der Waals surface area contributed by atoms with Gasteiger partial charge in [0.05, 0.1) is 37.1 Å². The summed E-state index contributed by atoms with van der Waals surface area (Å²) in [6.45, 7) is -0.286. The molecule has 1 amide bonds. The summed E-state index contributed by atoms with van der Waals surface area (Å²) in [4.78, 5) is 13.1. The Kier molecular flexibility index (Phi) is 7.33. The summed E-state index contributed by atoms with van der Waals surface area (Å²) in [5, 5.41) is 12.2. The number of carbonyl (C=O) groups excluding carboxylic acids is 1. The largest absolute Gasteiger partial charge is 0.493 e. The highest BCUT2D eigenvalue weighted by molar-refractivity contribution is 7.89. The molecule has 35 heavy (non-hydrogen) atoms. The number of anilines is 1. The first-order valence-electron chi connectivity index (χ1n) is 11.9. The van der Waals surface area contributed by atoms with Crippen molar-refractivity contribution in [3.63, 3.8) is 0 Å². The molecule has 2 aliphatic carbocycles. The third-order valence-electron chi connectivity index (χ3n) is 6.93. The van der Waals surface area contributed by atoms with Crippen LogP contribution in [0.4, 0.5) is 5.69 Å². The van der Waals surface area contributed by atoms with Crippen LogP contribution in [0.1, 0.15) is 50.5 Å². The Labute approximate surface area is 206 Å². The molecule has 0 radical (unpaired) electrons. The lowest BCUT2D eigenvalue weighted by atomic mass is 9.95. The maximum absolute atomic E-state index is 13.7. The number of rotatable bonds is 9. The number of sulfonamides is 1. The number of hydrogen-bond acceptors (Lipinski definition) is 6. The van der Waals surface area contributed by atoms with Gasteiger partial charge in [-0.25, -0.2) is 8.42 Å². The number of carbonyl (C=O) groups is 1.